The van der Waals surface area contributed by atoms with E-state index in [1.54, 1.807) is 35.2 Å². The van der Waals surface area contributed by atoms with Gasteiger partial charge in [0.2, 0.25) is 0 Å². The van der Waals surface area contributed by atoms with Crippen LogP contribution in [0.25, 0.3) is 23.1 Å². The largest absolute Gasteiger partial charge is 0.465 e. The summed E-state index contributed by atoms with van der Waals surface area (Å²) in [7, 11) is 1.33. The molecule has 0 saturated carbocycles. The average Bonchev–Trinajstić information content (AvgIpc) is 3.49. The molecule has 0 atom stereocenters. The van der Waals surface area contributed by atoms with Crippen LogP contribution in [-0.2, 0) is 9.53 Å². The van der Waals surface area contributed by atoms with E-state index in [0.717, 1.165) is 15.6 Å². The van der Waals surface area contributed by atoms with E-state index >= 15 is 0 Å². The summed E-state index contributed by atoms with van der Waals surface area (Å²) in [6.07, 6.45) is 3.57. The highest BCUT2D eigenvalue weighted by atomic mass is 79.9. The first-order valence-corrected chi connectivity index (χ1v) is 11.7. The van der Waals surface area contributed by atoms with Crippen LogP contribution in [0.5, 0.6) is 0 Å². The molecule has 1 aliphatic rings. The number of anilines is 1. The fourth-order valence-electron chi connectivity index (χ4n) is 3.94. The normalized spacial score (nSPS) is 14.3. The highest BCUT2D eigenvalue weighted by molar-refractivity contribution is 9.10. The number of methoxy groups -OCH3 is 1. The number of amides is 1. The van der Waals surface area contributed by atoms with Gasteiger partial charge in [0, 0.05) is 15.6 Å². The average molecular weight is 526 g/mol. The van der Waals surface area contributed by atoms with Gasteiger partial charge in [0.25, 0.3) is 5.91 Å². The van der Waals surface area contributed by atoms with E-state index in [1.165, 1.54) is 7.11 Å². The third-order valence-electron chi connectivity index (χ3n) is 5.63. The Labute approximate surface area is 211 Å². The van der Waals surface area contributed by atoms with E-state index in [1.807, 2.05) is 72.8 Å². The van der Waals surface area contributed by atoms with Crippen molar-refractivity contribution in [2.45, 2.75) is 0 Å². The minimum atomic E-state index is -0.462. The van der Waals surface area contributed by atoms with Gasteiger partial charge in [-0.05, 0) is 60.2 Å². The number of halogens is 1. The van der Waals surface area contributed by atoms with E-state index in [4.69, 9.17) is 9.15 Å². The number of carbonyl (C=O) groups is 2. The Morgan fingerprint density at radius 1 is 0.914 bits per heavy atom. The van der Waals surface area contributed by atoms with Crippen molar-refractivity contribution in [3.05, 3.63) is 124 Å². The molecule has 0 aliphatic carbocycles. The Bertz CT molecular complexity index is 1470. The van der Waals surface area contributed by atoms with Gasteiger partial charge in [0.1, 0.15) is 11.5 Å². The van der Waals surface area contributed by atoms with Crippen LogP contribution < -0.4 is 4.90 Å². The van der Waals surface area contributed by atoms with E-state index in [2.05, 4.69) is 15.9 Å². The lowest BCUT2D eigenvalue weighted by molar-refractivity contribution is -0.113. The zero-order valence-corrected chi connectivity index (χ0v) is 20.4. The molecular formula is C29H20BrNO4. The van der Waals surface area contributed by atoms with Crippen molar-refractivity contribution in [3.63, 3.8) is 0 Å². The Kier molecular flexibility index (Phi) is 6.21. The molecule has 35 heavy (non-hydrogen) atoms. The van der Waals surface area contributed by atoms with E-state index in [0.29, 0.717) is 34.0 Å². The van der Waals surface area contributed by atoms with E-state index in [9.17, 15) is 9.59 Å². The van der Waals surface area contributed by atoms with Crippen LogP contribution in [0.1, 0.15) is 21.7 Å². The molecule has 2 heterocycles. The lowest BCUT2D eigenvalue weighted by Gasteiger charge is -2.21. The van der Waals surface area contributed by atoms with Crippen molar-refractivity contribution in [1.82, 2.24) is 0 Å². The quantitative estimate of drug-likeness (QED) is 0.208. The van der Waals surface area contributed by atoms with Gasteiger partial charge in [-0.2, -0.15) is 0 Å². The number of esters is 1. The molecule has 5 rings (SSSR count). The highest BCUT2D eigenvalue weighted by Crippen LogP contribution is 2.36. The molecular weight excluding hydrogens is 506 g/mol. The second-order valence-corrected chi connectivity index (χ2v) is 8.80. The van der Waals surface area contributed by atoms with Crippen molar-refractivity contribution < 1.29 is 18.7 Å². The summed E-state index contributed by atoms with van der Waals surface area (Å²) in [6.45, 7) is 0. The van der Waals surface area contributed by atoms with Gasteiger partial charge >= 0.3 is 5.97 Å². The maximum absolute atomic E-state index is 13.6. The number of hydrogen-bond acceptors (Lipinski definition) is 4. The molecule has 4 aromatic rings. The Hall–Kier alpha value is -4.16. The van der Waals surface area contributed by atoms with Crippen molar-refractivity contribution in [2.75, 3.05) is 12.0 Å². The number of furan rings is 1. The summed E-state index contributed by atoms with van der Waals surface area (Å²) in [5, 5.41) is 0. The predicted molar refractivity (Wildman–Crippen MR) is 140 cm³/mol. The first-order valence-electron chi connectivity index (χ1n) is 10.9. The summed E-state index contributed by atoms with van der Waals surface area (Å²) in [5.41, 5.74) is 3.95. The standard InChI is InChI=1S/C29H20BrNO4/c1-34-29(33)21-8-5-9-24(16-21)31-26(19-6-3-2-4-7-19)18-22(28(31)32)17-25-14-15-27(35-25)20-10-12-23(30)13-11-20/h2-18H,1H3. The molecule has 6 heteroatoms. The Morgan fingerprint density at radius 3 is 2.43 bits per heavy atom. The monoisotopic (exact) mass is 525 g/mol. The van der Waals surface area contributed by atoms with Crippen LogP contribution in [0.15, 0.2) is 112 Å². The van der Waals surface area contributed by atoms with Crippen LogP contribution in [0.2, 0.25) is 0 Å². The van der Waals surface area contributed by atoms with Gasteiger partial charge in [-0.15, -0.1) is 0 Å². The summed E-state index contributed by atoms with van der Waals surface area (Å²) >= 11 is 3.44. The lowest BCUT2D eigenvalue weighted by atomic mass is 10.1. The molecule has 3 aromatic carbocycles. The third-order valence-corrected chi connectivity index (χ3v) is 6.16. The summed E-state index contributed by atoms with van der Waals surface area (Å²) in [4.78, 5) is 27.3. The third kappa shape index (κ3) is 4.61. The first kappa shape index (κ1) is 22.6. The second-order valence-electron chi connectivity index (χ2n) is 7.89. The maximum Gasteiger partial charge on any atom is 0.337 e. The first-order chi connectivity index (χ1) is 17.0. The topological polar surface area (TPSA) is 59.8 Å². The molecule has 0 spiro atoms. The highest BCUT2D eigenvalue weighted by Gasteiger charge is 2.31. The maximum atomic E-state index is 13.6. The summed E-state index contributed by atoms with van der Waals surface area (Å²) < 4.78 is 11.9. The smallest absolute Gasteiger partial charge is 0.337 e. The van der Waals surface area contributed by atoms with Gasteiger partial charge in [-0.3, -0.25) is 9.69 Å². The molecule has 1 aliphatic heterocycles. The Balaban J connectivity index is 1.54. The number of benzene rings is 3. The molecule has 5 nitrogen and oxygen atoms in total. The van der Waals surface area contributed by atoms with Crippen molar-refractivity contribution in [2.24, 2.45) is 0 Å². The predicted octanol–water partition coefficient (Wildman–Crippen LogP) is 6.97. The van der Waals surface area contributed by atoms with E-state index in [-0.39, 0.29) is 5.91 Å². The molecule has 0 N–H and O–H groups in total. The summed E-state index contributed by atoms with van der Waals surface area (Å²) in [5.74, 6) is 0.604. The molecule has 1 amide bonds. The molecule has 172 valence electrons. The number of nitrogens with zero attached hydrogens (tertiary/aromatic N) is 1. The Morgan fingerprint density at radius 2 is 1.69 bits per heavy atom. The van der Waals surface area contributed by atoms with Gasteiger partial charge < -0.3 is 9.15 Å². The number of rotatable bonds is 5. The van der Waals surface area contributed by atoms with Crippen molar-refractivity contribution in [1.29, 1.82) is 0 Å². The fourth-order valence-corrected chi connectivity index (χ4v) is 4.20. The van der Waals surface area contributed by atoms with Gasteiger partial charge in [-0.25, -0.2) is 4.79 Å². The summed E-state index contributed by atoms with van der Waals surface area (Å²) in [6, 6.07) is 28.0. The number of ether oxygens (including phenoxy) is 1. The second kappa shape index (κ2) is 9.60. The fraction of sp³-hybridized carbons (Fsp3) is 0.0345. The van der Waals surface area contributed by atoms with E-state index < -0.39 is 5.97 Å². The van der Waals surface area contributed by atoms with Gasteiger partial charge in [0.05, 0.1) is 24.1 Å². The van der Waals surface area contributed by atoms with Crippen LogP contribution in [0.4, 0.5) is 5.69 Å². The molecule has 0 fully saturated rings. The van der Waals surface area contributed by atoms with Crippen molar-refractivity contribution >= 4 is 45.3 Å². The molecule has 0 bridgehead atoms. The zero-order valence-electron chi connectivity index (χ0n) is 18.8. The number of carbonyl (C=O) groups excluding carboxylic acids is 2. The van der Waals surface area contributed by atoms with Crippen LogP contribution in [0, 0.1) is 0 Å². The SMILES string of the molecule is COC(=O)c1cccc(N2C(=O)C(=Cc3ccc(-c4ccc(Br)cc4)o3)C=C2c2ccccc2)c1. The molecule has 0 saturated heterocycles. The minimum Gasteiger partial charge on any atom is -0.465 e. The van der Waals surface area contributed by atoms with Crippen LogP contribution in [0.3, 0.4) is 0 Å². The molecule has 0 unspecified atom stereocenters. The lowest BCUT2D eigenvalue weighted by Crippen LogP contribution is -2.25. The molecule has 0 radical (unpaired) electrons. The van der Waals surface area contributed by atoms with Gasteiger partial charge in [-0.1, -0.05) is 64.5 Å². The van der Waals surface area contributed by atoms with Gasteiger partial charge in [0.15, 0.2) is 0 Å². The minimum absolute atomic E-state index is 0.215. The van der Waals surface area contributed by atoms with Crippen molar-refractivity contribution in [3.8, 4) is 11.3 Å². The van der Waals surface area contributed by atoms with Crippen LogP contribution in [-0.4, -0.2) is 19.0 Å². The zero-order chi connectivity index (χ0) is 24.4. The van der Waals surface area contributed by atoms with Crippen LogP contribution >= 0.6 is 15.9 Å². The molecule has 1 aromatic heterocycles. The number of hydrogen-bond donors (Lipinski definition) is 0.